The third kappa shape index (κ3) is 2.40. The lowest BCUT2D eigenvalue weighted by Gasteiger charge is -2.07. The first-order valence-electron chi connectivity index (χ1n) is 1.80. The van der Waals surface area contributed by atoms with E-state index in [4.69, 9.17) is 0 Å². The monoisotopic (exact) mass is 148 g/mol. The van der Waals surface area contributed by atoms with Gasteiger partial charge in [0.05, 0.1) is 0 Å². The Balaban J connectivity index is 3.62. The van der Waals surface area contributed by atoms with Crippen LogP contribution in [0.5, 0.6) is 0 Å². The normalized spacial score (nSPS) is 16.1. The Morgan fingerprint density at radius 2 is 1.75 bits per heavy atom. The van der Waals surface area contributed by atoms with Gasteiger partial charge < -0.3 is 0 Å². The molecule has 0 bridgehead atoms. The minimum absolute atomic E-state index is 0.802. The molecule has 0 aliphatic rings. The Labute approximate surface area is 49.3 Å². The molecule has 0 rings (SSSR count). The standard InChI is InChI=1S/C3H4F4S/c4-2(1-8)3(5,6)7/h2,8H,1H2. The van der Waals surface area contributed by atoms with Crippen molar-refractivity contribution in [1.29, 1.82) is 0 Å². The van der Waals surface area contributed by atoms with Crippen LogP contribution in [0, 0.1) is 0 Å². The first kappa shape index (κ1) is 8.07. The minimum Gasteiger partial charge on any atom is -0.237 e. The van der Waals surface area contributed by atoms with Gasteiger partial charge in [-0.1, -0.05) is 0 Å². The van der Waals surface area contributed by atoms with E-state index in [2.05, 4.69) is 12.6 Å². The zero-order valence-corrected chi connectivity index (χ0v) is 4.64. The highest BCUT2D eigenvalue weighted by atomic mass is 32.1. The van der Waals surface area contributed by atoms with Crippen molar-refractivity contribution in [3.63, 3.8) is 0 Å². The molecule has 0 amide bonds. The summed E-state index contributed by atoms with van der Waals surface area (Å²) in [5, 5.41) is 0. The third-order valence-corrected chi connectivity index (χ3v) is 0.836. The zero-order chi connectivity index (χ0) is 6.78. The fourth-order valence-corrected chi connectivity index (χ4v) is 0.311. The van der Waals surface area contributed by atoms with Gasteiger partial charge in [0.15, 0.2) is 0 Å². The molecule has 0 spiro atoms. The molecule has 0 N–H and O–H groups in total. The molecular weight excluding hydrogens is 144 g/mol. The van der Waals surface area contributed by atoms with Crippen LogP contribution in [-0.4, -0.2) is 18.1 Å². The topological polar surface area (TPSA) is 0 Å². The summed E-state index contributed by atoms with van der Waals surface area (Å²) in [6, 6.07) is 0. The molecule has 8 heavy (non-hydrogen) atoms. The molecule has 0 heterocycles. The summed E-state index contributed by atoms with van der Waals surface area (Å²) in [6.45, 7) is 0. The van der Waals surface area contributed by atoms with E-state index in [9.17, 15) is 17.6 Å². The van der Waals surface area contributed by atoms with E-state index in [1.54, 1.807) is 0 Å². The maximum Gasteiger partial charge on any atom is 0.420 e. The van der Waals surface area contributed by atoms with Crippen LogP contribution in [0.15, 0.2) is 0 Å². The van der Waals surface area contributed by atoms with Crippen LogP contribution in [0.25, 0.3) is 0 Å². The van der Waals surface area contributed by atoms with E-state index in [0.717, 1.165) is 0 Å². The molecule has 1 unspecified atom stereocenters. The first-order valence-corrected chi connectivity index (χ1v) is 2.43. The lowest BCUT2D eigenvalue weighted by Crippen LogP contribution is -2.25. The van der Waals surface area contributed by atoms with Crippen LogP contribution in [0.1, 0.15) is 0 Å². The van der Waals surface area contributed by atoms with E-state index in [0.29, 0.717) is 0 Å². The van der Waals surface area contributed by atoms with Crippen molar-refractivity contribution in [2.45, 2.75) is 12.3 Å². The Morgan fingerprint density at radius 1 is 1.38 bits per heavy atom. The first-order chi connectivity index (χ1) is 3.48. The molecule has 0 aromatic heterocycles. The van der Waals surface area contributed by atoms with Gasteiger partial charge in [-0.3, -0.25) is 0 Å². The van der Waals surface area contributed by atoms with Crippen molar-refractivity contribution in [3.8, 4) is 0 Å². The molecular formula is C3H4F4S. The molecule has 0 radical (unpaired) electrons. The van der Waals surface area contributed by atoms with E-state index in [-0.39, 0.29) is 0 Å². The number of thiol groups is 1. The summed E-state index contributed by atoms with van der Waals surface area (Å²) in [4.78, 5) is 0. The largest absolute Gasteiger partial charge is 0.420 e. The van der Waals surface area contributed by atoms with Crippen molar-refractivity contribution in [2.75, 3.05) is 5.75 Å². The summed E-state index contributed by atoms with van der Waals surface area (Å²) in [7, 11) is 0. The quantitative estimate of drug-likeness (QED) is 0.425. The molecule has 0 aliphatic heterocycles. The van der Waals surface area contributed by atoms with E-state index in [1.165, 1.54) is 0 Å². The van der Waals surface area contributed by atoms with Crippen molar-refractivity contribution in [1.82, 2.24) is 0 Å². The molecule has 0 aromatic rings. The lowest BCUT2D eigenvalue weighted by molar-refractivity contribution is -0.173. The number of halogens is 4. The Kier molecular flexibility index (Phi) is 2.59. The van der Waals surface area contributed by atoms with E-state index < -0.39 is 18.1 Å². The number of hydrogen-bond acceptors (Lipinski definition) is 1. The van der Waals surface area contributed by atoms with Crippen LogP contribution >= 0.6 is 12.6 Å². The van der Waals surface area contributed by atoms with Gasteiger partial charge in [0.2, 0.25) is 6.17 Å². The van der Waals surface area contributed by atoms with Crippen LogP contribution in [0.2, 0.25) is 0 Å². The highest BCUT2D eigenvalue weighted by molar-refractivity contribution is 7.80. The van der Waals surface area contributed by atoms with Gasteiger partial charge in [-0.25, -0.2) is 4.39 Å². The second-order valence-corrected chi connectivity index (χ2v) is 1.56. The summed E-state index contributed by atoms with van der Waals surface area (Å²) < 4.78 is 44.5. The Bertz CT molecular complexity index is 68.2. The maximum atomic E-state index is 11.4. The fourth-order valence-electron chi connectivity index (χ4n) is 0.104. The Hall–Kier alpha value is 0.0700. The van der Waals surface area contributed by atoms with Crippen LogP contribution in [0.3, 0.4) is 0 Å². The summed E-state index contributed by atoms with van der Waals surface area (Å²) in [5.74, 6) is -0.802. The van der Waals surface area contributed by atoms with E-state index >= 15 is 0 Å². The zero-order valence-electron chi connectivity index (χ0n) is 3.74. The van der Waals surface area contributed by atoms with Gasteiger partial charge in [0.1, 0.15) is 0 Å². The van der Waals surface area contributed by atoms with Crippen molar-refractivity contribution in [2.24, 2.45) is 0 Å². The number of alkyl halides is 4. The summed E-state index contributed by atoms with van der Waals surface area (Å²) in [6.07, 6.45) is -7.52. The van der Waals surface area contributed by atoms with Gasteiger partial charge in [0.25, 0.3) is 0 Å². The molecule has 0 nitrogen and oxygen atoms in total. The minimum atomic E-state index is -4.73. The van der Waals surface area contributed by atoms with Gasteiger partial charge in [-0.15, -0.1) is 0 Å². The van der Waals surface area contributed by atoms with Gasteiger partial charge in [0, 0.05) is 5.75 Å². The third-order valence-electron chi connectivity index (χ3n) is 0.515. The van der Waals surface area contributed by atoms with Crippen molar-refractivity contribution < 1.29 is 17.6 Å². The van der Waals surface area contributed by atoms with E-state index in [1.807, 2.05) is 0 Å². The van der Waals surface area contributed by atoms with Crippen molar-refractivity contribution >= 4 is 12.6 Å². The number of hydrogen-bond donors (Lipinski definition) is 1. The van der Waals surface area contributed by atoms with Gasteiger partial charge >= 0.3 is 6.18 Å². The highest BCUT2D eigenvalue weighted by Gasteiger charge is 2.38. The van der Waals surface area contributed by atoms with Crippen LogP contribution in [-0.2, 0) is 0 Å². The molecule has 0 aliphatic carbocycles. The van der Waals surface area contributed by atoms with Crippen molar-refractivity contribution in [3.05, 3.63) is 0 Å². The second kappa shape index (κ2) is 2.57. The summed E-state index contributed by atoms with van der Waals surface area (Å²) in [5.41, 5.74) is 0. The average molecular weight is 148 g/mol. The predicted molar refractivity (Wildman–Crippen MR) is 24.8 cm³/mol. The molecule has 1 atom stereocenters. The van der Waals surface area contributed by atoms with Gasteiger partial charge in [-0.2, -0.15) is 25.8 Å². The molecule has 0 aromatic carbocycles. The maximum absolute atomic E-state index is 11.4. The molecule has 50 valence electrons. The fraction of sp³-hybridized carbons (Fsp3) is 1.00. The second-order valence-electron chi connectivity index (χ2n) is 1.19. The Morgan fingerprint density at radius 3 is 1.75 bits per heavy atom. The number of rotatable bonds is 1. The lowest BCUT2D eigenvalue weighted by atomic mass is 10.4. The molecule has 0 fully saturated rings. The molecule has 5 heteroatoms. The van der Waals surface area contributed by atoms with Gasteiger partial charge in [-0.05, 0) is 0 Å². The molecule has 0 saturated heterocycles. The average Bonchev–Trinajstić information content (AvgIpc) is 1.62. The van der Waals surface area contributed by atoms with Crippen LogP contribution < -0.4 is 0 Å². The smallest absolute Gasteiger partial charge is 0.237 e. The molecule has 0 saturated carbocycles. The van der Waals surface area contributed by atoms with Crippen LogP contribution in [0.4, 0.5) is 17.6 Å². The SMILES string of the molecule is FC(CS)C(F)(F)F. The highest BCUT2D eigenvalue weighted by Crippen LogP contribution is 2.23. The predicted octanol–water partition coefficient (Wildman–Crippen LogP) is 1.82. The summed E-state index contributed by atoms with van der Waals surface area (Å²) >= 11 is 3.11.